The number of phenols is 1. The molecule has 2 aromatic carbocycles. The molecule has 0 aliphatic carbocycles. The molecule has 1 fully saturated rings. The fourth-order valence-corrected chi connectivity index (χ4v) is 4.80. The van der Waals surface area contributed by atoms with Gasteiger partial charge in [0.1, 0.15) is 18.5 Å². The van der Waals surface area contributed by atoms with E-state index >= 15 is 0 Å². The molecule has 5 atom stereocenters. The van der Waals surface area contributed by atoms with Crippen LogP contribution < -0.4 is 4.74 Å². The molecule has 1 aromatic heterocycles. The van der Waals surface area contributed by atoms with E-state index in [1.165, 1.54) is 6.92 Å². The number of esters is 4. The van der Waals surface area contributed by atoms with Crippen molar-refractivity contribution in [1.29, 1.82) is 0 Å². The predicted octanol–water partition coefficient (Wildman–Crippen LogP) is 3.14. The third-order valence-corrected chi connectivity index (χ3v) is 6.75. The molecular formula is C31H34N2O11. The molecule has 0 spiro atoms. The lowest BCUT2D eigenvalue weighted by Gasteiger charge is -2.43. The molecule has 1 aliphatic rings. The highest BCUT2D eigenvalue weighted by Crippen LogP contribution is 2.33. The number of H-pyrrole nitrogens is 1. The topological polar surface area (TPSA) is 173 Å². The first kappa shape index (κ1) is 32.0. The highest BCUT2D eigenvalue weighted by molar-refractivity contribution is 5.69. The second kappa shape index (κ2) is 14.0. The van der Waals surface area contributed by atoms with Gasteiger partial charge >= 0.3 is 23.9 Å². The summed E-state index contributed by atoms with van der Waals surface area (Å²) in [5.41, 5.74) is 4.22. The van der Waals surface area contributed by atoms with Crippen molar-refractivity contribution in [3.63, 3.8) is 0 Å². The van der Waals surface area contributed by atoms with Crippen molar-refractivity contribution in [2.45, 2.75) is 71.7 Å². The fraction of sp³-hybridized carbons (Fsp3) is 0.387. The third-order valence-electron chi connectivity index (χ3n) is 6.75. The van der Waals surface area contributed by atoms with Gasteiger partial charge in [0.2, 0.25) is 18.3 Å². The number of aryl methyl sites for hydroxylation is 1. The summed E-state index contributed by atoms with van der Waals surface area (Å²) in [6, 6.07) is 14.7. The van der Waals surface area contributed by atoms with E-state index in [1.807, 2.05) is 43.3 Å². The Bertz CT molecular complexity index is 1480. The molecule has 0 amide bonds. The SMILES string of the molecule is CC(=O)OC[C@H]1OC(Oc2n[nH]c(C)c2Cc2ccc(-c3ccc(O)cc3)cc2)[C@H](OC(C)=O)[C@@H](OC(C)=O)[C@@H]1OC(C)=O. The maximum absolute atomic E-state index is 12.1. The molecule has 4 rings (SSSR count). The smallest absolute Gasteiger partial charge is 0.303 e. The molecule has 0 radical (unpaired) electrons. The average molecular weight is 611 g/mol. The van der Waals surface area contributed by atoms with Crippen LogP contribution in [-0.4, -0.2) is 76.5 Å². The monoisotopic (exact) mass is 610 g/mol. The van der Waals surface area contributed by atoms with Crippen LogP contribution in [0.1, 0.15) is 44.5 Å². The van der Waals surface area contributed by atoms with Gasteiger partial charge in [0.15, 0.2) is 12.2 Å². The van der Waals surface area contributed by atoms with Crippen molar-refractivity contribution in [2.75, 3.05) is 6.61 Å². The van der Waals surface area contributed by atoms with Crippen LogP contribution in [0, 0.1) is 6.92 Å². The van der Waals surface area contributed by atoms with Crippen LogP contribution in [0.4, 0.5) is 0 Å². The van der Waals surface area contributed by atoms with Crippen molar-refractivity contribution in [1.82, 2.24) is 10.2 Å². The van der Waals surface area contributed by atoms with Crippen LogP contribution in [0.2, 0.25) is 0 Å². The minimum Gasteiger partial charge on any atom is -0.508 e. The Morgan fingerprint density at radius 2 is 1.34 bits per heavy atom. The molecule has 2 N–H and O–H groups in total. The van der Waals surface area contributed by atoms with Gasteiger partial charge in [-0.1, -0.05) is 36.4 Å². The van der Waals surface area contributed by atoms with E-state index in [-0.39, 0.29) is 18.2 Å². The Kier molecular flexibility index (Phi) is 10.2. The Balaban J connectivity index is 1.63. The molecule has 13 nitrogen and oxygen atoms in total. The van der Waals surface area contributed by atoms with Crippen molar-refractivity contribution in [3.05, 3.63) is 65.4 Å². The summed E-state index contributed by atoms with van der Waals surface area (Å²) in [6.45, 7) is 6.07. The number of benzene rings is 2. The highest BCUT2D eigenvalue weighted by Gasteiger charge is 2.53. The van der Waals surface area contributed by atoms with E-state index < -0.39 is 54.6 Å². The van der Waals surface area contributed by atoms with Crippen molar-refractivity contribution >= 4 is 23.9 Å². The fourth-order valence-electron chi connectivity index (χ4n) is 4.80. The number of hydrogen-bond acceptors (Lipinski definition) is 12. The second-order valence-corrected chi connectivity index (χ2v) is 10.2. The summed E-state index contributed by atoms with van der Waals surface area (Å²) in [6.07, 6.45) is -6.21. The van der Waals surface area contributed by atoms with Gasteiger partial charge in [-0.3, -0.25) is 24.3 Å². The van der Waals surface area contributed by atoms with E-state index in [2.05, 4.69) is 10.2 Å². The minimum atomic E-state index is -1.41. The van der Waals surface area contributed by atoms with Crippen LogP contribution in [0.15, 0.2) is 48.5 Å². The lowest BCUT2D eigenvalue weighted by Crippen LogP contribution is -2.63. The predicted molar refractivity (Wildman–Crippen MR) is 152 cm³/mol. The lowest BCUT2D eigenvalue weighted by atomic mass is 9.98. The van der Waals surface area contributed by atoms with Gasteiger partial charge in [-0.2, -0.15) is 0 Å². The minimum absolute atomic E-state index is 0.131. The quantitative estimate of drug-likeness (QED) is 0.254. The molecule has 234 valence electrons. The number of ether oxygens (including phenoxy) is 6. The third kappa shape index (κ3) is 8.13. The second-order valence-electron chi connectivity index (χ2n) is 10.2. The van der Waals surface area contributed by atoms with Crippen LogP contribution in [0.25, 0.3) is 11.1 Å². The normalized spacial score (nSPS) is 21.2. The first-order chi connectivity index (χ1) is 20.9. The number of aromatic amines is 1. The van der Waals surface area contributed by atoms with Crippen LogP contribution in [0.3, 0.4) is 0 Å². The van der Waals surface area contributed by atoms with Gasteiger partial charge in [-0.25, -0.2) is 0 Å². The number of nitrogens with one attached hydrogen (secondary N) is 1. The summed E-state index contributed by atoms with van der Waals surface area (Å²) in [7, 11) is 0. The molecule has 3 aromatic rings. The number of carbonyl (C=O) groups excluding carboxylic acids is 4. The van der Waals surface area contributed by atoms with Crippen molar-refractivity contribution in [3.8, 4) is 22.8 Å². The first-order valence-electron chi connectivity index (χ1n) is 13.8. The summed E-state index contributed by atoms with van der Waals surface area (Å²) < 4.78 is 33.7. The average Bonchev–Trinajstić information content (AvgIpc) is 3.29. The Hall–Kier alpha value is -4.91. The van der Waals surface area contributed by atoms with Gasteiger partial charge in [0.05, 0.1) is 0 Å². The van der Waals surface area contributed by atoms with E-state index in [9.17, 15) is 24.3 Å². The van der Waals surface area contributed by atoms with Crippen molar-refractivity contribution in [2.24, 2.45) is 0 Å². The van der Waals surface area contributed by atoms with Gasteiger partial charge < -0.3 is 33.5 Å². The largest absolute Gasteiger partial charge is 0.508 e. The number of hydrogen-bond donors (Lipinski definition) is 2. The van der Waals surface area contributed by atoms with Crippen molar-refractivity contribution < 1.29 is 52.7 Å². The Morgan fingerprint density at radius 3 is 1.91 bits per heavy atom. The first-order valence-corrected chi connectivity index (χ1v) is 13.8. The van der Waals surface area contributed by atoms with E-state index in [0.29, 0.717) is 17.7 Å². The Labute approximate surface area is 253 Å². The maximum atomic E-state index is 12.1. The number of aromatic nitrogens is 2. The molecule has 0 bridgehead atoms. The van der Waals surface area contributed by atoms with Gasteiger partial charge in [0.25, 0.3) is 0 Å². The molecular weight excluding hydrogens is 576 g/mol. The maximum Gasteiger partial charge on any atom is 0.303 e. The number of phenolic OH excluding ortho intramolecular Hbond substituents is 1. The lowest BCUT2D eigenvalue weighted by molar-refractivity contribution is -0.289. The molecule has 1 unspecified atom stereocenters. The molecule has 44 heavy (non-hydrogen) atoms. The van der Waals surface area contributed by atoms with E-state index in [1.54, 1.807) is 12.1 Å². The summed E-state index contributed by atoms with van der Waals surface area (Å²) in [5.74, 6) is -2.53. The number of rotatable bonds is 10. The zero-order valence-corrected chi connectivity index (χ0v) is 24.9. The standard InChI is InChI=1S/C31H34N2O11/c1-16-25(14-21-6-8-22(9-7-21)23-10-12-24(38)13-11-23)30(33-32-16)44-31-29(42-20(5)37)28(41-19(4)36)27(40-18(3)35)26(43-31)15-39-17(2)34/h6-13,26-29,31,38H,14-15H2,1-5H3,(H,32,33)/t26-,27-,28+,29-,31?/m1/s1. The Morgan fingerprint density at radius 1 is 0.795 bits per heavy atom. The van der Waals surface area contributed by atoms with Gasteiger partial charge in [0, 0.05) is 45.4 Å². The van der Waals surface area contributed by atoms with Gasteiger partial charge in [-0.15, -0.1) is 5.10 Å². The summed E-state index contributed by atoms with van der Waals surface area (Å²) in [5, 5.41) is 16.7. The summed E-state index contributed by atoms with van der Waals surface area (Å²) in [4.78, 5) is 47.8. The van der Waals surface area contributed by atoms with E-state index in [0.717, 1.165) is 37.5 Å². The zero-order valence-electron chi connectivity index (χ0n) is 24.9. The van der Waals surface area contributed by atoms with E-state index in [4.69, 9.17) is 28.4 Å². The van der Waals surface area contributed by atoms with Crippen LogP contribution in [-0.2, 0) is 49.3 Å². The molecule has 1 aliphatic heterocycles. The summed E-state index contributed by atoms with van der Waals surface area (Å²) >= 11 is 0. The molecule has 13 heteroatoms. The highest BCUT2D eigenvalue weighted by atomic mass is 16.7. The zero-order chi connectivity index (χ0) is 32.0. The molecule has 1 saturated heterocycles. The number of aromatic hydroxyl groups is 1. The van der Waals surface area contributed by atoms with Gasteiger partial charge in [-0.05, 0) is 35.7 Å². The molecule has 0 saturated carbocycles. The van der Waals surface area contributed by atoms with Crippen LogP contribution in [0.5, 0.6) is 11.6 Å². The van der Waals surface area contributed by atoms with Crippen LogP contribution >= 0.6 is 0 Å². The number of nitrogens with zero attached hydrogens (tertiary/aromatic N) is 1. The molecule has 2 heterocycles. The number of carbonyl (C=O) groups is 4.